The van der Waals surface area contributed by atoms with Crippen molar-refractivity contribution in [2.45, 2.75) is 25.3 Å². The van der Waals surface area contributed by atoms with E-state index in [2.05, 4.69) is 5.16 Å². The molecule has 0 amide bonds. The largest absolute Gasteiger partial charge is 0.467 e. The highest BCUT2D eigenvalue weighted by Crippen LogP contribution is 2.38. The lowest BCUT2D eigenvalue weighted by Crippen LogP contribution is -2.53. The van der Waals surface area contributed by atoms with Crippen LogP contribution in [0.3, 0.4) is 0 Å². The van der Waals surface area contributed by atoms with Crippen LogP contribution in [0.5, 0.6) is 0 Å². The van der Waals surface area contributed by atoms with Gasteiger partial charge in [-0.25, -0.2) is 4.79 Å². The summed E-state index contributed by atoms with van der Waals surface area (Å²) >= 11 is 0. The third-order valence-corrected chi connectivity index (χ3v) is 3.20. The van der Waals surface area contributed by atoms with Gasteiger partial charge >= 0.3 is 5.97 Å². The van der Waals surface area contributed by atoms with Crippen molar-refractivity contribution in [2.75, 3.05) is 7.11 Å². The van der Waals surface area contributed by atoms with Crippen molar-refractivity contribution in [3.8, 4) is 0 Å². The summed E-state index contributed by atoms with van der Waals surface area (Å²) in [7, 11) is 1.34. The Kier molecular flexibility index (Phi) is 2.26. The van der Waals surface area contributed by atoms with Crippen molar-refractivity contribution in [3.05, 3.63) is 17.5 Å². The third kappa shape index (κ3) is 1.26. The SMILES string of the molecule is COC(=O)C1(N)c2cnoc2CCC1C. The quantitative estimate of drug-likeness (QED) is 0.686. The Bertz CT molecular complexity index is 388. The summed E-state index contributed by atoms with van der Waals surface area (Å²) in [6.45, 7) is 1.94. The highest BCUT2D eigenvalue weighted by atomic mass is 16.5. The molecule has 1 aromatic heterocycles. The minimum atomic E-state index is -1.11. The summed E-state index contributed by atoms with van der Waals surface area (Å²) < 4.78 is 9.81. The lowest BCUT2D eigenvalue weighted by Gasteiger charge is -2.35. The van der Waals surface area contributed by atoms with Crippen molar-refractivity contribution in [1.82, 2.24) is 5.16 Å². The number of nitrogens with two attached hydrogens (primary N) is 1. The zero-order valence-corrected chi connectivity index (χ0v) is 8.82. The zero-order chi connectivity index (χ0) is 11.1. The average molecular weight is 210 g/mol. The normalized spacial score (nSPS) is 29.7. The molecule has 2 rings (SSSR count). The Labute approximate surface area is 87.6 Å². The van der Waals surface area contributed by atoms with Crippen LogP contribution in [0.4, 0.5) is 0 Å². The van der Waals surface area contributed by atoms with Gasteiger partial charge in [0, 0.05) is 12.0 Å². The summed E-state index contributed by atoms with van der Waals surface area (Å²) in [6.07, 6.45) is 3.09. The predicted molar refractivity (Wildman–Crippen MR) is 51.9 cm³/mol. The van der Waals surface area contributed by atoms with Gasteiger partial charge in [-0.2, -0.15) is 0 Å². The first kappa shape index (κ1) is 10.2. The number of carbonyl (C=O) groups is 1. The van der Waals surface area contributed by atoms with Gasteiger partial charge in [-0.1, -0.05) is 12.1 Å². The lowest BCUT2D eigenvalue weighted by molar-refractivity contribution is -0.150. The summed E-state index contributed by atoms with van der Waals surface area (Å²) in [6, 6.07) is 0. The maximum atomic E-state index is 11.7. The van der Waals surface area contributed by atoms with Crippen LogP contribution in [-0.2, 0) is 21.5 Å². The summed E-state index contributed by atoms with van der Waals surface area (Å²) in [5.74, 6) is 0.289. The van der Waals surface area contributed by atoms with Gasteiger partial charge in [-0.15, -0.1) is 0 Å². The molecule has 1 aliphatic rings. The number of methoxy groups -OCH3 is 1. The van der Waals surface area contributed by atoms with Gasteiger partial charge in [-0.3, -0.25) is 0 Å². The number of rotatable bonds is 1. The Balaban J connectivity index is 2.51. The summed E-state index contributed by atoms with van der Waals surface area (Å²) in [5.41, 5.74) is 5.69. The van der Waals surface area contributed by atoms with E-state index in [0.29, 0.717) is 11.3 Å². The van der Waals surface area contributed by atoms with E-state index in [-0.39, 0.29) is 5.92 Å². The van der Waals surface area contributed by atoms with Gasteiger partial charge in [0.1, 0.15) is 11.3 Å². The third-order valence-electron chi connectivity index (χ3n) is 3.20. The van der Waals surface area contributed by atoms with Crippen LogP contribution in [0.25, 0.3) is 0 Å². The smallest absolute Gasteiger partial charge is 0.330 e. The van der Waals surface area contributed by atoms with Crippen LogP contribution < -0.4 is 5.73 Å². The molecule has 1 aliphatic carbocycles. The van der Waals surface area contributed by atoms with Crippen LogP contribution in [0.1, 0.15) is 24.7 Å². The van der Waals surface area contributed by atoms with Crippen molar-refractivity contribution in [3.63, 3.8) is 0 Å². The van der Waals surface area contributed by atoms with Crippen LogP contribution in [0.2, 0.25) is 0 Å². The zero-order valence-electron chi connectivity index (χ0n) is 8.82. The molecule has 0 bridgehead atoms. The van der Waals surface area contributed by atoms with Gasteiger partial charge in [0.25, 0.3) is 0 Å². The molecular weight excluding hydrogens is 196 g/mol. The minimum Gasteiger partial charge on any atom is -0.467 e. The second-order valence-corrected chi connectivity index (χ2v) is 3.96. The molecule has 2 unspecified atom stereocenters. The molecule has 0 saturated carbocycles. The van der Waals surface area contributed by atoms with E-state index in [1.807, 2.05) is 6.92 Å². The van der Waals surface area contributed by atoms with Crippen LogP contribution in [-0.4, -0.2) is 18.2 Å². The van der Waals surface area contributed by atoms with Gasteiger partial charge in [0.05, 0.1) is 13.3 Å². The van der Waals surface area contributed by atoms with Gasteiger partial charge < -0.3 is 15.0 Å². The van der Waals surface area contributed by atoms with Crippen molar-refractivity contribution >= 4 is 5.97 Å². The fourth-order valence-corrected chi connectivity index (χ4v) is 2.10. The van der Waals surface area contributed by atoms with E-state index in [0.717, 1.165) is 12.8 Å². The Morgan fingerprint density at radius 2 is 2.53 bits per heavy atom. The molecule has 0 radical (unpaired) electrons. The van der Waals surface area contributed by atoms with E-state index in [4.69, 9.17) is 15.0 Å². The molecule has 1 heterocycles. The topological polar surface area (TPSA) is 78.4 Å². The van der Waals surface area contributed by atoms with Crippen LogP contribution in [0, 0.1) is 5.92 Å². The van der Waals surface area contributed by atoms with Crippen molar-refractivity contribution in [1.29, 1.82) is 0 Å². The van der Waals surface area contributed by atoms with Crippen LogP contribution >= 0.6 is 0 Å². The summed E-state index contributed by atoms with van der Waals surface area (Å²) in [4.78, 5) is 11.7. The van der Waals surface area contributed by atoms with E-state index < -0.39 is 11.5 Å². The highest BCUT2D eigenvalue weighted by Gasteiger charge is 2.48. The van der Waals surface area contributed by atoms with E-state index in [1.54, 1.807) is 0 Å². The molecule has 0 aliphatic heterocycles. The number of esters is 1. The first-order valence-corrected chi connectivity index (χ1v) is 4.92. The fraction of sp³-hybridized carbons (Fsp3) is 0.600. The molecule has 1 aromatic rings. The molecule has 5 nitrogen and oxygen atoms in total. The van der Waals surface area contributed by atoms with E-state index in [1.165, 1.54) is 13.3 Å². The second-order valence-electron chi connectivity index (χ2n) is 3.96. The molecule has 2 N–H and O–H groups in total. The lowest BCUT2D eigenvalue weighted by atomic mass is 9.73. The molecule has 2 atom stereocenters. The maximum absolute atomic E-state index is 11.7. The van der Waals surface area contributed by atoms with Crippen molar-refractivity contribution in [2.24, 2.45) is 11.7 Å². The van der Waals surface area contributed by atoms with Gasteiger partial charge in [-0.05, 0) is 12.3 Å². The van der Waals surface area contributed by atoms with Crippen LogP contribution in [0.15, 0.2) is 10.7 Å². The molecule has 0 aromatic carbocycles. The first-order valence-electron chi connectivity index (χ1n) is 4.92. The molecule has 0 saturated heterocycles. The monoisotopic (exact) mass is 210 g/mol. The Morgan fingerprint density at radius 3 is 3.20 bits per heavy atom. The molecule has 0 fully saturated rings. The Hall–Kier alpha value is -1.36. The predicted octanol–water partition coefficient (Wildman–Crippen LogP) is 0.584. The fourth-order valence-electron chi connectivity index (χ4n) is 2.10. The molecular formula is C10H14N2O3. The van der Waals surface area contributed by atoms with Gasteiger partial charge in [0.2, 0.25) is 0 Å². The number of aromatic nitrogens is 1. The number of hydrogen-bond acceptors (Lipinski definition) is 5. The number of aryl methyl sites for hydroxylation is 1. The second kappa shape index (κ2) is 3.34. The standard InChI is InChI=1S/C10H14N2O3/c1-6-3-4-8-7(5-12-15-8)10(6,11)9(13)14-2/h5-6H,3-4,11H2,1-2H3. The average Bonchev–Trinajstić information content (AvgIpc) is 2.71. The maximum Gasteiger partial charge on any atom is 0.330 e. The Morgan fingerprint density at radius 1 is 1.80 bits per heavy atom. The molecule has 0 spiro atoms. The number of hydrogen-bond donors (Lipinski definition) is 1. The van der Waals surface area contributed by atoms with Gasteiger partial charge in [0.15, 0.2) is 0 Å². The molecule has 5 heteroatoms. The molecule has 15 heavy (non-hydrogen) atoms. The van der Waals surface area contributed by atoms with E-state index >= 15 is 0 Å². The number of carbonyl (C=O) groups excluding carboxylic acids is 1. The van der Waals surface area contributed by atoms with E-state index in [9.17, 15) is 4.79 Å². The highest BCUT2D eigenvalue weighted by molar-refractivity contribution is 5.83. The number of ether oxygens (including phenoxy) is 1. The summed E-state index contributed by atoms with van der Waals surface area (Å²) in [5, 5.41) is 3.69. The number of fused-ring (bicyclic) bond motifs is 1. The first-order chi connectivity index (χ1) is 7.10. The number of nitrogens with zero attached hydrogens (tertiary/aromatic N) is 1. The molecule has 82 valence electrons. The van der Waals surface area contributed by atoms with Crippen molar-refractivity contribution < 1.29 is 14.1 Å². The minimum absolute atomic E-state index is 0.0249.